The van der Waals surface area contributed by atoms with Crippen LogP contribution in [0.2, 0.25) is 5.02 Å². The molecule has 0 N–H and O–H groups in total. The van der Waals surface area contributed by atoms with E-state index in [4.69, 9.17) is 16.3 Å². The van der Waals surface area contributed by atoms with E-state index in [1.807, 2.05) is 6.07 Å². The van der Waals surface area contributed by atoms with Gasteiger partial charge in [0.2, 0.25) is 0 Å². The van der Waals surface area contributed by atoms with Crippen LogP contribution >= 0.6 is 11.6 Å². The van der Waals surface area contributed by atoms with Crippen molar-refractivity contribution < 1.29 is 19.1 Å². The Bertz CT molecular complexity index is 1450. The molecule has 0 spiro atoms. The highest BCUT2D eigenvalue weighted by Crippen LogP contribution is 2.43. The van der Waals surface area contributed by atoms with Gasteiger partial charge < -0.3 is 14.5 Å². The number of hydrogen-bond donors (Lipinski definition) is 0. The zero-order chi connectivity index (χ0) is 24.3. The second kappa shape index (κ2) is 7.96. The summed E-state index contributed by atoms with van der Waals surface area (Å²) < 4.78 is 5.49. The fourth-order valence-corrected chi connectivity index (χ4v) is 5.56. The fraction of sp³-hybridized carbons (Fsp3) is 0.240. The second-order valence-electron chi connectivity index (χ2n) is 8.71. The maximum Gasteiger partial charge on any atom is 0.410 e. The Balaban J connectivity index is 1.27. The SMILES string of the molecule is N#Cc1ccc(N2C(=O)[C@H]3C4C[C@H](CN4C(=O)OCc4ccccc4Cl)N3C2=O)c2cccnc12. The van der Waals surface area contributed by atoms with Crippen LogP contribution in [-0.4, -0.2) is 57.5 Å². The van der Waals surface area contributed by atoms with Gasteiger partial charge in [-0.25, -0.2) is 14.5 Å². The number of rotatable bonds is 3. The Kier molecular flexibility index (Phi) is 4.86. The summed E-state index contributed by atoms with van der Waals surface area (Å²) in [5.41, 5.74) is 1.85. The van der Waals surface area contributed by atoms with Crippen LogP contribution in [0.5, 0.6) is 0 Å². The maximum atomic E-state index is 13.6. The standard InChI is InChI=1S/C25H18ClN5O4/c26-18-6-2-1-4-15(18)13-35-25(34)29-12-16-10-20(29)22-23(32)31(24(33)30(16)22)19-8-7-14(11-27)21-17(19)5-3-9-28-21/h1-9,16,20,22H,10,12-13H2/t16-,20?,22-/m1/s1. The van der Waals surface area contributed by atoms with Crippen LogP contribution in [0.1, 0.15) is 17.5 Å². The average molecular weight is 488 g/mol. The molecule has 1 unspecified atom stereocenters. The summed E-state index contributed by atoms with van der Waals surface area (Å²) in [7, 11) is 0. The van der Waals surface area contributed by atoms with E-state index in [0.717, 1.165) is 4.90 Å². The number of carbonyl (C=O) groups is 3. The third-order valence-corrected chi connectivity index (χ3v) is 7.28. The number of halogens is 1. The van der Waals surface area contributed by atoms with E-state index in [9.17, 15) is 19.6 Å². The van der Waals surface area contributed by atoms with Crippen LogP contribution in [0.4, 0.5) is 15.3 Å². The molecule has 3 fully saturated rings. The summed E-state index contributed by atoms with van der Waals surface area (Å²) in [4.78, 5) is 48.4. The molecule has 35 heavy (non-hydrogen) atoms. The first-order valence-electron chi connectivity index (χ1n) is 11.1. The molecule has 2 bridgehead atoms. The lowest BCUT2D eigenvalue weighted by atomic mass is 10.1. The van der Waals surface area contributed by atoms with Gasteiger partial charge in [0.25, 0.3) is 5.91 Å². The van der Waals surface area contributed by atoms with Crippen molar-refractivity contribution in [2.75, 3.05) is 11.4 Å². The number of carbonyl (C=O) groups excluding carboxylic acids is 3. The molecule has 9 nitrogen and oxygen atoms in total. The first-order chi connectivity index (χ1) is 17.0. The monoisotopic (exact) mass is 487 g/mol. The third kappa shape index (κ3) is 3.14. The molecular weight excluding hydrogens is 470 g/mol. The van der Waals surface area contributed by atoms with Crippen molar-refractivity contribution in [3.8, 4) is 6.07 Å². The Labute approximate surface area is 205 Å². The summed E-state index contributed by atoms with van der Waals surface area (Å²) in [5, 5.41) is 10.5. The fourth-order valence-electron chi connectivity index (χ4n) is 5.37. The molecule has 3 saturated heterocycles. The van der Waals surface area contributed by atoms with Crippen LogP contribution in [0, 0.1) is 11.3 Å². The number of pyridine rings is 1. The van der Waals surface area contributed by atoms with E-state index in [1.165, 1.54) is 4.90 Å². The van der Waals surface area contributed by atoms with Crippen LogP contribution < -0.4 is 4.90 Å². The van der Waals surface area contributed by atoms with E-state index in [1.54, 1.807) is 53.6 Å². The molecule has 3 aliphatic heterocycles. The largest absolute Gasteiger partial charge is 0.444 e. The van der Waals surface area contributed by atoms with Crippen molar-refractivity contribution >= 4 is 46.2 Å². The van der Waals surface area contributed by atoms with Crippen molar-refractivity contribution in [3.05, 3.63) is 70.9 Å². The van der Waals surface area contributed by atoms with Gasteiger partial charge in [0.1, 0.15) is 18.7 Å². The van der Waals surface area contributed by atoms with Gasteiger partial charge in [-0.05, 0) is 36.8 Å². The van der Waals surface area contributed by atoms with E-state index in [2.05, 4.69) is 11.1 Å². The van der Waals surface area contributed by atoms with Gasteiger partial charge in [-0.2, -0.15) is 5.26 Å². The van der Waals surface area contributed by atoms with E-state index in [-0.39, 0.29) is 12.6 Å². The number of benzene rings is 2. The van der Waals surface area contributed by atoms with E-state index in [0.29, 0.717) is 45.7 Å². The number of likely N-dealkylation sites (tertiary alicyclic amines) is 1. The predicted octanol–water partition coefficient (Wildman–Crippen LogP) is 3.69. The van der Waals surface area contributed by atoms with E-state index >= 15 is 0 Å². The number of amides is 4. The molecule has 2 aromatic carbocycles. The molecular formula is C25H18ClN5O4. The Hall–Kier alpha value is -4.16. The zero-order valence-corrected chi connectivity index (χ0v) is 19.1. The summed E-state index contributed by atoms with van der Waals surface area (Å²) in [6.45, 7) is 0.315. The molecule has 1 aromatic heterocycles. The first-order valence-corrected chi connectivity index (χ1v) is 11.5. The van der Waals surface area contributed by atoms with Crippen molar-refractivity contribution in [2.24, 2.45) is 0 Å². The van der Waals surface area contributed by atoms with Crippen molar-refractivity contribution in [1.29, 1.82) is 5.26 Å². The number of nitrogens with zero attached hydrogens (tertiary/aromatic N) is 5. The highest BCUT2D eigenvalue weighted by atomic mass is 35.5. The number of aromatic nitrogens is 1. The van der Waals surface area contributed by atoms with E-state index < -0.39 is 30.1 Å². The number of hydrogen-bond acceptors (Lipinski definition) is 6. The predicted molar refractivity (Wildman–Crippen MR) is 126 cm³/mol. The number of urea groups is 1. The minimum Gasteiger partial charge on any atom is -0.444 e. The van der Waals surface area contributed by atoms with Crippen LogP contribution in [0.15, 0.2) is 54.7 Å². The minimum absolute atomic E-state index is 0.0179. The molecule has 0 aliphatic carbocycles. The molecule has 3 atom stereocenters. The van der Waals surface area contributed by atoms with Gasteiger partial charge in [0.05, 0.1) is 28.9 Å². The first kappa shape index (κ1) is 21.4. The van der Waals surface area contributed by atoms with Gasteiger partial charge in [-0.1, -0.05) is 29.8 Å². The summed E-state index contributed by atoms with van der Waals surface area (Å²) in [5.74, 6) is -0.402. The molecule has 4 amide bonds. The normalized spacial score (nSPS) is 22.6. The van der Waals surface area contributed by atoms with Crippen molar-refractivity contribution in [2.45, 2.75) is 31.2 Å². The zero-order valence-electron chi connectivity index (χ0n) is 18.3. The molecule has 3 aromatic rings. The van der Waals surface area contributed by atoms with Crippen LogP contribution in [0.25, 0.3) is 10.9 Å². The highest BCUT2D eigenvalue weighted by molar-refractivity contribution is 6.31. The van der Waals surface area contributed by atoms with Gasteiger partial charge in [0, 0.05) is 28.7 Å². The lowest BCUT2D eigenvalue weighted by Crippen LogP contribution is -2.54. The molecule has 3 aliphatic rings. The Morgan fingerprint density at radius 1 is 1.17 bits per heavy atom. The number of piperazine rings is 1. The summed E-state index contributed by atoms with van der Waals surface area (Å²) >= 11 is 6.15. The topological polar surface area (TPSA) is 107 Å². The smallest absolute Gasteiger partial charge is 0.410 e. The molecule has 4 heterocycles. The summed E-state index contributed by atoms with van der Waals surface area (Å²) in [6.07, 6.45) is 1.54. The minimum atomic E-state index is -0.781. The molecule has 0 saturated carbocycles. The second-order valence-corrected chi connectivity index (χ2v) is 9.11. The number of nitriles is 1. The van der Waals surface area contributed by atoms with Crippen molar-refractivity contribution in [3.63, 3.8) is 0 Å². The number of fused-ring (bicyclic) bond motifs is 6. The summed E-state index contributed by atoms with van der Waals surface area (Å²) in [6, 6.07) is 13.8. The number of anilines is 1. The van der Waals surface area contributed by atoms with Crippen molar-refractivity contribution in [1.82, 2.24) is 14.8 Å². The maximum absolute atomic E-state index is 13.6. The van der Waals surface area contributed by atoms with Gasteiger partial charge >= 0.3 is 12.1 Å². The third-order valence-electron chi connectivity index (χ3n) is 6.92. The number of imide groups is 1. The lowest BCUT2D eigenvalue weighted by molar-refractivity contribution is -0.121. The average Bonchev–Trinajstić information content (AvgIpc) is 3.54. The van der Waals surface area contributed by atoms with Gasteiger partial charge in [-0.3, -0.25) is 9.78 Å². The molecule has 174 valence electrons. The quantitative estimate of drug-likeness (QED) is 0.521. The van der Waals surface area contributed by atoms with Gasteiger partial charge in [0.15, 0.2) is 0 Å². The van der Waals surface area contributed by atoms with Gasteiger partial charge in [-0.15, -0.1) is 0 Å². The molecule has 0 radical (unpaired) electrons. The Morgan fingerprint density at radius 3 is 2.80 bits per heavy atom. The lowest BCUT2D eigenvalue weighted by Gasteiger charge is -2.34. The Morgan fingerprint density at radius 2 is 2.00 bits per heavy atom. The number of ether oxygens (including phenoxy) is 1. The molecule has 6 rings (SSSR count). The van der Waals surface area contributed by atoms with Crippen LogP contribution in [0.3, 0.4) is 0 Å². The van der Waals surface area contributed by atoms with Crippen LogP contribution in [-0.2, 0) is 16.1 Å². The highest BCUT2D eigenvalue weighted by Gasteiger charge is 2.63. The molecule has 10 heteroatoms.